The van der Waals surface area contributed by atoms with Crippen LogP contribution in [0.4, 0.5) is 0 Å². The maximum absolute atomic E-state index is 6.04. The van der Waals surface area contributed by atoms with Gasteiger partial charge in [0.15, 0.2) is 17.8 Å². The predicted molar refractivity (Wildman–Crippen MR) is 105 cm³/mol. The lowest BCUT2D eigenvalue weighted by Gasteiger charge is -2.24. The molecule has 0 spiro atoms. The van der Waals surface area contributed by atoms with E-state index < -0.39 is 0 Å². The van der Waals surface area contributed by atoms with Crippen LogP contribution in [0.5, 0.6) is 17.2 Å². The van der Waals surface area contributed by atoms with Gasteiger partial charge in [0, 0.05) is 0 Å². The molecule has 0 radical (unpaired) electrons. The highest BCUT2D eigenvalue weighted by Gasteiger charge is 2.19. The van der Waals surface area contributed by atoms with Crippen molar-refractivity contribution >= 4 is 0 Å². The summed E-state index contributed by atoms with van der Waals surface area (Å²) in [6, 6.07) is 4.08. The van der Waals surface area contributed by atoms with Crippen molar-refractivity contribution in [2.75, 3.05) is 20.8 Å². The van der Waals surface area contributed by atoms with Gasteiger partial charge >= 0.3 is 0 Å². The second kappa shape index (κ2) is 10.7. The molecule has 26 heavy (non-hydrogen) atoms. The maximum Gasteiger partial charge on any atom is 0.206 e. The van der Waals surface area contributed by atoms with Gasteiger partial charge in [-0.15, -0.1) is 0 Å². The largest absolute Gasteiger partial charge is 0.493 e. The van der Waals surface area contributed by atoms with E-state index in [1.165, 1.54) is 37.7 Å². The smallest absolute Gasteiger partial charge is 0.206 e. The molecule has 2 atom stereocenters. The third-order valence-electron chi connectivity index (χ3n) is 5.55. The molecule has 4 heteroatoms. The lowest BCUT2D eigenvalue weighted by Crippen LogP contribution is -2.19. The topological polar surface area (TPSA) is 36.9 Å². The fraction of sp³-hybridized carbons (Fsp3) is 0.727. The molecule has 1 aliphatic rings. The Morgan fingerprint density at radius 2 is 1.62 bits per heavy atom. The average molecular weight is 365 g/mol. The Morgan fingerprint density at radius 1 is 1.00 bits per heavy atom. The van der Waals surface area contributed by atoms with E-state index in [9.17, 15) is 0 Å². The van der Waals surface area contributed by atoms with Crippen molar-refractivity contribution in [3.8, 4) is 17.2 Å². The van der Waals surface area contributed by atoms with E-state index in [1.807, 2.05) is 19.1 Å². The number of rotatable bonds is 10. The number of hydrogen-bond acceptors (Lipinski definition) is 4. The number of ether oxygens (including phenoxy) is 4. The number of methoxy groups -OCH3 is 2. The Balaban J connectivity index is 1.97. The summed E-state index contributed by atoms with van der Waals surface area (Å²) in [6.45, 7) is 7.05. The zero-order valence-corrected chi connectivity index (χ0v) is 17.2. The first kappa shape index (κ1) is 20.9. The summed E-state index contributed by atoms with van der Waals surface area (Å²) in [6.07, 6.45) is 8.66. The molecule has 0 amide bonds. The highest BCUT2D eigenvalue weighted by atomic mass is 16.7. The molecule has 1 aromatic rings. The lowest BCUT2D eigenvalue weighted by molar-refractivity contribution is -0.0730. The summed E-state index contributed by atoms with van der Waals surface area (Å²) in [5.74, 6) is 3.27. The minimum atomic E-state index is -0.337. The molecule has 0 aliphatic heterocycles. The van der Waals surface area contributed by atoms with Crippen molar-refractivity contribution in [1.29, 1.82) is 0 Å². The predicted octanol–water partition coefficient (Wildman–Crippen LogP) is 5.93. The van der Waals surface area contributed by atoms with Gasteiger partial charge in [0.2, 0.25) is 5.75 Å². The van der Waals surface area contributed by atoms with Gasteiger partial charge in [-0.1, -0.05) is 46.0 Å². The van der Waals surface area contributed by atoms with Gasteiger partial charge in [0.1, 0.15) is 0 Å². The van der Waals surface area contributed by atoms with Gasteiger partial charge in [-0.05, 0) is 49.3 Å². The van der Waals surface area contributed by atoms with Crippen LogP contribution < -0.4 is 14.2 Å². The van der Waals surface area contributed by atoms with Gasteiger partial charge in [-0.25, -0.2) is 0 Å². The molecule has 2 unspecified atom stereocenters. The second-order valence-electron chi connectivity index (χ2n) is 7.41. The first-order valence-corrected chi connectivity index (χ1v) is 10.1. The summed E-state index contributed by atoms with van der Waals surface area (Å²) in [5.41, 5.74) is 1.19. The summed E-state index contributed by atoms with van der Waals surface area (Å²) >= 11 is 0. The van der Waals surface area contributed by atoms with Crippen molar-refractivity contribution in [1.82, 2.24) is 0 Å². The van der Waals surface area contributed by atoms with Crippen LogP contribution in [-0.4, -0.2) is 27.1 Å². The molecule has 0 bridgehead atoms. The molecule has 1 saturated carbocycles. The van der Waals surface area contributed by atoms with E-state index in [-0.39, 0.29) is 6.29 Å². The molecule has 0 heterocycles. The van der Waals surface area contributed by atoms with Crippen molar-refractivity contribution < 1.29 is 18.9 Å². The summed E-state index contributed by atoms with van der Waals surface area (Å²) in [4.78, 5) is 0. The van der Waals surface area contributed by atoms with Crippen LogP contribution in [0.2, 0.25) is 0 Å². The van der Waals surface area contributed by atoms with Gasteiger partial charge in [0.25, 0.3) is 0 Å². The lowest BCUT2D eigenvalue weighted by atomic mass is 9.87. The Labute approximate surface area is 159 Å². The minimum absolute atomic E-state index is 0.337. The van der Waals surface area contributed by atoms with Crippen molar-refractivity contribution in [2.45, 2.75) is 77.9 Å². The van der Waals surface area contributed by atoms with E-state index in [4.69, 9.17) is 18.9 Å². The van der Waals surface area contributed by atoms with Crippen LogP contribution >= 0.6 is 0 Å². The molecule has 0 N–H and O–H groups in total. The minimum Gasteiger partial charge on any atom is -0.493 e. The fourth-order valence-corrected chi connectivity index (χ4v) is 3.61. The van der Waals surface area contributed by atoms with Crippen LogP contribution in [0.3, 0.4) is 0 Å². The third kappa shape index (κ3) is 5.80. The Bertz CT molecular complexity index is 512. The fourth-order valence-electron chi connectivity index (χ4n) is 3.61. The second-order valence-corrected chi connectivity index (χ2v) is 7.41. The van der Waals surface area contributed by atoms with E-state index in [0.717, 1.165) is 25.4 Å². The Hall–Kier alpha value is -1.42. The molecule has 1 fully saturated rings. The normalized spacial score (nSPS) is 17.6. The van der Waals surface area contributed by atoms with Crippen LogP contribution in [0.15, 0.2) is 12.1 Å². The van der Waals surface area contributed by atoms with Gasteiger partial charge < -0.3 is 18.9 Å². The summed E-state index contributed by atoms with van der Waals surface area (Å²) in [7, 11) is 3.33. The van der Waals surface area contributed by atoms with E-state index in [0.29, 0.717) is 23.2 Å². The molecule has 0 saturated heterocycles. The summed E-state index contributed by atoms with van der Waals surface area (Å²) in [5, 5.41) is 0. The number of benzene rings is 1. The van der Waals surface area contributed by atoms with Gasteiger partial charge in [-0.3, -0.25) is 0 Å². The first-order valence-electron chi connectivity index (χ1n) is 10.1. The van der Waals surface area contributed by atoms with Crippen LogP contribution in [0.25, 0.3) is 0 Å². The molecule has 4 nitrogen and oxygen atoms in total. The number of hydrogen-bond donors (Lipinski definition) is 0. The van der Waals surface area contributed by atoms with Crippen LogP contribution in [-0.2, 0) is 4.74 Å². The standard InChI is InChI=1S/C22H36O4/c1-6-16(2)19-14-20(23-4)22(21(15-19)24-5)26-17(3)25-13-12-18-10-8-7-9-11-18/h14-18H,6-13H2,1-5H3. The third-order valence-corrected chi connectivity index (χ3v) is 5.55. The van der Waals surface area contributed by atoms with Gasteiger partial charge in [0.05, 0.1) is 20.8 Å². The zero-order chi connectivity index (χ0) is 18.9. The van der Waals surface area contributed by atoms with Crippen LogP contribution in [0, 0.1) is 5.92 Å². The molecular formula is C22H36O4. The SMILES string of the molecule is CCC(C)c1cc(OC)c(OC(C)OCCC2CCCCC2)c(OC)c1. The Morgan fingerprint density at radius 3 is 2.15 bits per heavy atom. The van der Waals surface area contributed by atoms with Crippen molar-refractivity contribution in [2.24, 2.45) is 5.92 Å². The first-order chi connectivity index (χ1) is 12.6. The highest BCUT2D eigenvalue weighted by Crippen LogP contribution is 2.41. The van der Waals surface area contributed by atoms with E-state index >= 15 is 0 Å². The van der Waals surface area contributed by atoms with Gasteiger partial charge in [-0.2, -0.15) is 0 Å². The molecule has 2 rings (SSSR count). The Kier molecular flexibility index (Phi) is 8.56. The highest BCUT2D eigenvalue weighted by molar-refractivity contribution is 5.54. The molecule has 1 aromatic carbocycles. The van der Waals surface area contributed by atoms with Crippen molar-refractivity contribution in [3.05, 3.63) is 17.7 Å². The zero-order valence-electron chi connectivity index (χ0n) is 17.2. The van der Waals surface area contributed by atoms with E-state index in [1.54, 1.807) is 14.2 Å². The van der Waals surface area contributed by atoms with Crippen LogP contribution in [0.1, 0.15) is 77.2 Å². The van der Waals surface area contributed by atoms with Crippen molar-refractivity contribution in [3.63, 3.8) is 0 Å². The molecule has 148 valence electrons. The molecular weight excluding hydrogens is 328 g/mol. The maximum atomic E-state index is 6.04. The summed E-state index contributed by atoms with van der Waals surface area (Å²) < 4.78 is 23.1. The average Bonchev–Trinajstić information content (AvgIpc) is 2.68. The monoisotopic (exact) mass is 364 g/mol. The van der Waals surface area contributed by atoms with E-state index in [2.05, 4.69) is 13.8 Å². The quantitative estimate of drug-likeness (QED) is 0.482. The molecule has 1 aliphatic carbocycles. The molecule has 0 aromatic heterocycles.